The largest absolute Gasteiger partial charge is 0.486 e. The first-order chi connectivity index (χ1) is 13.7. The van der Waals surface area contributed by atoms with Gasteiger partial charge in [0.1, 0.15) is 19.0 Å². The maximum atomic E-state index is 13.0. The van der Waals surface area contributed by atoms with E-state index in [-0.39, 0.29) is 5.91 Å². The van der Waals surface area contributed by atoms with Gasteiger partial charge >= 0.3 is 0 Å². The van der Waals surface area contributed by atoms with Gasteiger partial charge in [0.05, 0.1) is 17.7 Å². The SMILES string of the molecule is COCC1(C(=O)Nc2cccc(-c3ccc4c(c3)OCCO4)n2)CCNCC1. The minimum absolute atomic E-state index is 0.0392. The lowest BCUT2D eigenvalue weighted by Gasteiger charge is -2.35. The molecule has 3 heterocycles. The number of piperidine rings is 1. The maximum Gasteiger partial charge on any atom is 0.234 e. The van der Waals surface area contributed by atoms with Gasteiger partial charge in [-0.2, -0.15) is 0 Å². The molecule has 0 saturated carbocycles. The molecule has 148 valence electrons. The Balaban J connectivity index is 1.54. The number of aromatic nitrogens is 1. The third-order valence-corrected chi connectivity index (χ3v) is 5.29. The Hall–Kier alpha value is -2.64. The molecule has 0 spiro atoms. The van der Waals surface area contributed by atoms with Crippen LogP contribution in [-0.2, 0) is 9.53 Å². The minimum Gasteiger partial charge on any atom is -0.486 e. The Kier molecular flexibility index (Phi) is 5.45. The molecule has 1 fully saturated rings. The fraction of sp³-hybridized carbons (Fsp3) is 0.429. The molecular weight excluding hydrogens is 358 g/mol. The Morgan fingerprint density at radius 2 is 1.96 bits per heavy atom. The van der Waals surface area contributed by atoms with Gasteiger partial charge in [-0.1, -0.05) is 6.07 Å². The number of fused-ring (bicyclic) bond motifs is 1. The van der Waals surface area contributed by atoms with Crippen LogP contribution in [0.25, 0.3) is 11.3 Å². The third kappa shape index (κ3) is 3.81. The molecular formula is C21H25N3O4. The summed E-state index contributed by atoms with van der Waals surface area (Å²) < 4.78 is 16.6. The number of anilines is 1. The number of pyridine rings is 1. The molecule has 1 aromatic heterocycles. The van der Waals surface area contributed by atoms with Crippen LogP contribution in [0, 0.1) is 5.41 Å². The number of methoxy groups -OCH3 is 1. The molecule has 1 amide bonds. The van der Waals surface area contributed by atoms with Crippen molar-refractivity contribution < 1.29 is 19.0 Å². The topological polar surface area (TPSA) is 81.7 Å². The number of nitrogens with one attached hydrogen (secondary N) is 2. The molecule has 28 heavy (non-hydrogen) atoms. The zero-order valence-electron chi connectivity index (χ0n) is 16.0. The standard InChI is InChI=1S/C21H25N3O4/c1-26-14-21(7-9-22-10-8-21)20(25)24-19-4-2-3-16(23-19)15-5-6-17-18(13-15)28-12-11-27-17/h2-6,13,22H,7-12,14H2,1H3,(H,23,24,25). The van der Waals surface area contributed by atoms with E-state index in [1.54, 1.807) is 13.2 Å². The molecule has 0 atom stereocenters. The molecule has 7 nitrogen and oxygen atoms in total. The lowest BCUT2D eigenvalue weighted by atomic mass is 9.78. The number of hydrogen-bond donors (Lipinski definition) is 2. The average Bonchev–Trinajstić information content (AvgIpc) is 2.74. The van der Waals surface area contributed by atoms with Crippen LogP contribution in [-0.4, -0.2) is 50.9 Å². The number of ether oxygens (including phenoxy) is 3. The lowest BCUT2D eigenvalue weighted by Crippen LogP contribution is -2.47. The van der Waals surface area contributed by atoms with Crippen molar-refractivity contribution in [1.29, 1.82) is 0 Å². The van der Waals surface area contributed by atoms with Crippen molar-refractivity contribution in [2.75, 3.05) is 45.3 Å². The van der Waals surface area contributed by atoms with Crippen molar-refractivity contribution in [2.24, 2.45) is 5.41 Å². The second kappa shape index (κ2) is 8.16. The van der Waals surface area contributed by atoms with E-state index in [9.17, 15) is 4.79 Å². The Labute approximate surface area is 164 Å². The van der Waals surface area contributed by atoms with E-state index in [1.165, 1.54) is 0 Å². The van der Waals surface area contributed by atoms with E-state index < -0.39 is 5.41 Å². The highest BCUT2D eigenvalue weighted by Gasteiger charge is 2.39. The Morgan fingerprint density at radius 3 is 2.75 bits per heavy atom. The number of amides is 1. The van der Waals surface area contributed by atoms with Crippen molar-refractivity contribution >= 4 is 11.7 Å². The van der Waals surface area contributed by atoms with Crippen LogP contribution in [0.2, 0.25) is 0 Å². The minimum atomic E-state index is -0.519. The number of benzene rings is 1. The van der Waals surface area contributed by atoms with Gasteiger partial charge in [0, 0.05) is 12.7 Å². The smallest absolute Gasteiger partial charge is 0.234 e. The lowest BCUT2D eigenvalue weighted by molar-refractivity contribution is -0.130. The molecule has 0 aliphatic carbocycles. The summed E-state index contributed by atoms with van der Waals surface area (Å²) in [6.07, 6.45) is 1.49. The fourth-order valence-corrected chi connectivity index (χ4v) is 3.74. The molecule has 4 rings (SSSR count). The summed E-state index contributed by atoms with van der Waals surface area (Å²) in [4.78, 5) is 17.7. The molecule has 2 aliphatic heterocycles. The first kappa shape index (κ1) is 18.7. The van der Waals surface area contributed by atoms with E-state index in [1.807, 2.05) is 30.3 Å². The maximum absolute atomic E-state index is 13.0. The summed E-state index contributed by atoms with van der Waals surface area (Å²) in [6, 6.07) is 11.4. The van der Waals surface area contributed by atoms with Gasteiger partial charge in [0.15, 0.2) is 11.5 Å². The summed E-state index contributed by atoms with van der Waals surface area (Å²) >= 11 is 0. The molecule has 2 aromatic rings. The molecule has 2 aliphatic rings. The summed E-state index contributed by atoms with van der Waals surface area (Å²) in [5.41, 5.74) is 1.16. The van der Waals surface area contributed by atoms with Gasteiger partial charge in [-0.05, 0) is 56.3 Å². The number of hydrogen-bond acceptors (Lipinski definition) is 6. The van der Waals surface area contributed by atoms with Crippen LogP contribution < -0.4 is 20.1 Å². The highest BCUT2D eigenvalue weighted by molar-refractivity contribution is 5.95. The van der Waals surface area contributed by atoms with Gasteiger partial charge in [0.25, 0.3) is 0 Å². The highest BCUT2D eigenvalue weighted by atomic mass is 16.6. The van der Waals surface area contributed by atoms with Crippen LogP contribution >= 0.6 is 0 Å². The number of carbonyl (C=O) groups is 1. The number of nitrogens with zero attached hydrogens (tertiary/aromatic N) is 1. The normalized spacial score (nSPS) is 17.8. The zero-order chi connectivity index (χ0) is 19.4. The zero-order valence-corrected chi connectivity index (χ0v) is 16.0. The van der Waals surface area contributed by atoms with Crippen molar-refractivity contribution in [1.82, 2.24) is 10.3 Å². The molecule has 2 N–H and O–H groups in total. The van der Waals surface area contributed by atoms with E-state index in [0.717, 1.165) is 42.9 Å². The van der Waals surface area contributed by atoms with E-state index in [2.05, 4.69) is 15.6 Å². The molecule has 0 unspecified atom stereocenters. The van der Waals surface area contributed by atoms with Crippen LogP contribution in [0.3, 0.4) is 0 Å². The Bertz CT molecular complexity index is 844. The predicted octanol–water partition coefficient (Wildman–Crippen LogP) is 2.47. The summed E-state index contributed by atoms with van der Waals surface area (Å²) in [5, 5.41) is 6.29. The predicted molar refractivity (Wildman–Crippen MR) is 106 cm³/mol. The van der Waals surface area contributed by atoms with Crippen LogP contribution in [0.5, 0.6) is 11.5 Å². The van der Waals surface area contributed by atoms with Crippen molar-refractivity contribution in [3.8, 4) is 22.8 Å². The average molecular weight is 383 g/mol. The Morgan fingerprint density at radius 1 is 1.18 bits per heavy atom. The van der Waals surface area contributed by atoms with E-state index >= 15 is 0 Å². The quantitative estimate of drug-likeness (QED) is 0.826. The van der Waals surface area contributed by atoms with Crippen molar-refractivity contribution in [3.63, 3.8) is 0 Å². The van der Waals surface area contributed by atoms with Crippen LogP contribution in [0.1, 0.15) is 12.8 Å². The summed E-state index contributed by atoms with van der Waals surface area (Å²) in [6.45, 7) is 3.12. The molecule has 0 radical (unpaired) electrons. The van der Waals surface area contributed by atoms with Crippen LogP contribution in [0.15, 0.2) is 36.4 Å². The first-order valence-corrected chi connectivity index (χ1v) is 9.58. The first-order valence-electron chi connectivity index (χ1n) is 9.58. The summed E-state index contributed by atoms with van der Waals surface area (Å²) in [5.74, 6) is 1.95. The van der Waals surface area contributed by atoms with Gasteiger partial charge < -0.3 is 24.8 Å². The molecule has 7 heteroatoms. The monoisotopic (exact) mass is 383 g/mol. The number of carbonyl (C=O) groups excluding carboxylic acids is 1. The summed E-state index contributed by atoms with van der Waals surface area (Å²) in [7, 11) is 1.64. The van der Waals surface area contributed by atoms with Gasteiger partial charge in [-0.15, -0.1) is 0 Å². The number of rotatable bonds is 5. The van der Waals surface area contributed by atoms with Crippen LogP contribution in [0.4, 0.5) is 5.82 Å². The fourth-order valence-electron chi connectivity index (χ4n) is 3.74. The second-order valence-electron chi connectivity index (χ2n) is 7.18. The highest BCUT2D eigenvalue weighted by Crippen LogP contribution is 2.35. The van der Waals surface area contributed by atoms with Gasteiger partial charge in [-0.25, -0.2) is 4.98 Å². The molecule has 1 aromatic carbocycles. The molecule has 1 saturated heterocycles. The van der Waals surface area contributed by atoms with Gasteiger partial charge in [-0.3, -0.25) is 4.79 Å². The molecule has 0 bridgehead atoms. The van der Waals surface area contributed by atoms with Gasteiger partial charge in [0.2, 0.25) is 5.91 Å². The van der Waals surface area contributed by atoms with Crippen molar-refractivity contribution in [2.45, 2.75) is 12.8 Å². The van der Waals surface area contributed by atoms with Crippen molar-refractivity contribution in [3.05, 3.63) is 36.4 Å². The van der Waals surface area contributed by atoms with E-state index in [4.69, 9.17) is 14.2 Å². The third-order valence-electron chi connectivity index (χ3n) is 5.29. The second-order valence-corrected chi connectivity index (χ2v) is 7.18. The van der Waals surface area contributed by atoms with E-state index in [0.29, 0.717) is 31.4 Å².